The van der Waals surface area contributed by atoms with Crippen LogP contribution in [0.2, 0.25) is 0 Å². The molecule has 23 heteroatoms. The molecule has 2 heterocycles. The number of alkyl halides is 3. The largest absolute Gasteiger partial charge is 0.490 e. The highest BCUT2D eigenvalue weighted by molar-refractivity contribution is 6.38. The van der Waals surface area contributed by atoms with Gasteiger partial charge in [0.25, 0.3) is 11.8 Å². The van der Waals surface area contributed by atoms with Gasteiger partial charge in [-0.2, -0.15) is 13.2 Å². The number of carboxylic acid groups (broad SMARTS) is 1. The van der Waals surface area contributed by atoms with Crippen molar-refractivity contribution in [2.24, 2.45) is 11.8 Å². The second-order valence-electron chi connectivity index (χ2n) is 15.6. The predicted octanol–water partition coefficient (Wildman–Crippen LogP) is 0.304. The number of aromatic nitrogens is 2. The monoisotopic (exact) mass is 918 g/mol. The number of Topliss-reactive ketones (excluding diaryl/α,β-unsaturated/α-hetero) is 1. The average molecular weight is 919 g/mol. The molecule has 1 aliphatic heterocycles. The highest BCUT2D eigenvalue weighted by atomic mass is 19.4. The Hall–Kier alpha value is -6.52. The molecule has 2 fully saturated rings. The maximum atomic E-state index is 13.7. The van der Waals surface area contributed by atoms with Crippen LogP contribution in [0.4, 0.5) is 13.2 Å². The normalized spacial score (nSPS) is 17.8. The number of carboxylic acids is 1. The summed E-state index contributed by atoms with van der Waals surface area (Å²) in [4.78, 5) is 124. The number of aliphatic carboxylic acids is 1. The third kappa shape index (κ3) is 16.5. The standard InChI is InChI=1S/C40H56N10O8.C2HF3O2/c1-5-13-28(34(52)39(57)44-23-31(51)48-33(40(58)50(3)4)25-16-11-8-12-17-25)46-35(53)26-20-42-21-29(26)47-36(54)27(6-2)45-38(56)32(24-14-9-7-10-15-24)49-37(55)30-22-41-18-19-43-30;3-2(4,5)1(6)7/h8,11-12,16-19,22,24,26-29,32-33,42H,5-7,9-10,13-15,20-21,23H2,1-4H3,(H,44,57)(H,45,56)(H,46,53)(H,47,54)(H,48,51)(H,49,55);(H,6,7)/t26-,27+,28+,29+,32+,33+;/m1./s1. The third-order valence-electron chi connectivity index (χ3n) is 10.6. The van der Waals surface area contributed by atoms with Crippen LogP contribution in [0.5, 0.6) is 0 Å². The van der Waals surface area contributed by atoms with E-state index in [1.807, 2.05) is 0 Å². The molecule has 1 aliphatic carbocycles. The maximum Gasteiger partial charge on any atom is 0.490 e. The number of nitrogens with one attached hydrogen (secondary N) is 7. The molecule has 0 unspecified atom stereocenters. The summed E-state index contributed by atoms with van der Waals surface area (Å²) in [6.45, 7) is 3.33. The minimum Gasteiger partial charge on any atom is -0.475 e. The minimum atomic E-state index is -5.08. The summed E-state index contributed by atoms with van der Waals surface area (Å²) >= 11 is 0. The first kappa shape index (κ1) is 52.8. The fourth-order valence-corrected chi connectivity index (χ4v) is 7.15. The van der Waals surface area contributed by atoms with Gasteiger partial charge < -0.3 is 47.2 Å². The summed E-state index contributed by atoms with van der Waals surface area (Å²) in [6, 6.07) is 3.78. The fourth-order valence-electron chi connectivity index (χ4n) is 7.15. The first-order valence-electron chi connectivity index (χ1n) is 21.1. The van der Waals surface area contributed by atoms with Crippen LogP contribution in [0.15, 0.2) is 48.9 Å². The highest BCUT2D eigenvalue weighted by Gasteiger charge is 2.40. The Bertz CT molecular complexity index is 1970. The van der Waals surface area contributed by atoms with Gasteiger partial charge in [-0.15, -0.1) is 0 Å². The van der Waals surface area contributed by atoms with Gasteiger partial charge in [-0.25, -0.2) is 9.78 Å². The van der Waals surface area contributed by atoms with E-state index in [2.05, 4.69) is 47.2 Å². The zero-order valence-electron chi connectivity index (χ0n) is 36.5. The number of rotatable bonds is 19. The van der Waals surface area contributed by atoms with E-state index in [9.17, 15) is 51.5 Å². The lowest BCUT2D eigenvalue weighted by molar-refractivity contribution is -0.192. The highest BCUT2D eigenvalue weighted by Crippen LogP contribution is 2.27. The van der Waals surface area contributed by atoms with E-state index in [0.717, 1.165) is 32.1 Å². The Morgan fingerprint density at radius 3 is 2.09 bits per heavy atom. The van der Waals surface area contributed by atoms with Gasteiger partial charge in [-0.3, -0.25) is 43.3 Å². The zero-order valence-corrected chi connectivity index (χ0v) is 36.5. The Morgan fingerprint density at radius 1 is 0.862 bits per heavy atom. The van der Waals surface area contributed by atoms with Crippen LogP contribution in [0.3, 0.4) is 0 Å². The fraction of sp³-hybridized carbons (Fsp3) is 0.548. The summed E-state index contributed by atoms with van der Waals surface area (Å²) < 4.78 is 31.7. The van der Waals surface area contributed by atoms with Crippen LogP contribution in [-0.4, -0.2) is 137 Å². The molecule has 6 atom stereocenters. The molecule has 356 valence electrons. The first-order chi connectivity index (χ1) is 30.8. The molecular formula is C42H57F3N10O10. The van der Waals surface area contributed by atoms with E-state index in [-0.39, 0.29) is 43.5 Å². The van der Waals surface area contributed by atoms with E-state index in [1.54, 1.807) is 58.3 Å². The van der Waals surface area contributed by atoms with Crippen molar-refractivity contribution in [2.45, 2.75) is 102 Å². The SMILES string of the molecule is CCC[C@H](NC(=O)[C@@H]1CNC[C@@H]1NC(=O)[C@H](CC)NC(=O)[C@@H](NC(=O)c1cnccn1)C1CCCCC1)C(=O)C(=O)NCC(=O)N[C@H](C(=O)N(C)C)c1ccccc1.O=C(O)C(F)(F)F. The minimum absolute atomic E-state index is 0.0666. The topological polar surface area (TPSA) is 287 Å². The van der Waals surface area contributed by atoms with E-state index in [0.29, 0.717) is 12.0 Å². The number of carbonyl (C=O) groups excluding carboxylic acids is 8. The van der Waals surface area contributed by atoms with Crippen molar-refractivity contribution < 1.29 is 61.4 Å². The summed E-state index contributed by atoms with van der Waals surface area (Å²) in [7, 11) is 3.10. The number of nitrogens with zero attached hydrogens (tertiary/aromatic N) is 3. The van der Waals surface area contributed by atoms with Gasteiger partial charge in [0, 0.05) is 39.6 Å². The predicted molar refractivity (Wildman–Crippen MR) is 225 cm³/mol. The van der Waals surface area contributed by atoms with Crippen molar-refractivity contribution in [2.75, 3.05) is 33.7 Å². The Labute approximate surface area is 373 Å². The molecule has 8 N–H and O–H groups in total. The molecule has 1 saturated heterocycles. The molecule has 65 heavy (non-hydrogen) atoms. The Morgan fingerprint density at radius 2 is 1.52 bits per heavy atom. The molecule has 2 aromatic rings. The van der Waals surface area contributed by atoms with Gasteiger partial charge in [-0.05, 0) is 37.2 Å². The van der Waals surface area contributed by atoms with Crippen LogP contribution < -0.4 is 37.2 Å². The van der Waals surface area contributed by atoms with Gasteiger partial charge in [0.15, 0.2) is 0 Å². The number of hydrogen-bond acceptors (Lipinski definition) is 12. The molecule has 1 aromatic heterocycles. The summed E-state index contributed by atoms with van der Waals surface area (Å²) in [5.41, 5.74) is 0.606. The zero-order chi connectivity index (χ0) is 48.3. The summed E-state index contributed by atoms with van der Waals surface area (Å²) in [5.74, 6) is -8.97. The molecular weight excluding hydrogens is 862 g/mol. The second-order valence-corrected chi connectivity index (χ2v) is 15.6. The van der Waals surface area contributed by atoms with Crippen molar-refractivity contribution in [3.63, 3.8) is 0 Å². The van der Waals surface area contributed by atoms with Crippen LogP contribution in [0, 0.1) is 11.8 Å². The number of hydrogen-bond donors (Lipinski definition) is 8. The van der Waals surface area contributed by atoms with Crippen LogP contribution in [0.1, 0.15) is 87.3 Å². The first-order valence-corrected chi connectivity index (χ1v) is 21.1. The second kappa shape index (κ2) is 25.7. The van der Waals surface area contributed by atoms with E-state index < -0.39 is 96.0 Å². The lowest BCUT2D eigenvalue weighted by Gasteiger charge is -2.31. The van der Waals surface area contributed by atoms with Crippen LogP contribution >= 0.6 is 0 Å². The Kier molecular flexibility index (Phi) is 20.9. The molecule has 0 spiro atoms. The Balaban J connectivity index is 0.00000148. The molecule has 20 nitrogen and oxygen atoms in total. The van der Waals surface area contributed by atoms with E-state index in [1.165, 1.54) is 23.5 Å². The van der Waals surface area contributed by atoms with Crippen LogP contribution in [-0.2, 0) is 38.4 Å². The van der Waals surface area contributed by atoms with Crippen molar-refractivity contribution >= 4 is 53.1 Å². The maximum absolute atomic E-state index is 13.7. The summed E-state index contributed by atoms with van der Waals surface area (Å²) in [6.07, 6.45) is 4.18. The van der Waals surface area contributed by atoms with E-state index in [4.69, 9.17) is 9.90 Å². The molecule has 0 radical (unpaired) electrons. The van der Waals surface area contributed by atoms with Gasteiger partial charge in [-0.1, -0.05) is 69.9 Å². The number of halogens is 3. The van der Waals surface area contributed by atoms with Crippen LogP contribution in [0.25, 0.3) is 0 Å². The van der Waals surface area contributed by atoms with E-state index >= 15 is 0 Å². The van der Waals surface area contributed by atoms with Gasteiger partial charge in [0.2, 0.25) is 35.3 Å². The molecule has 7 amide bonds. The van der Waals surface area contributed by atoms with Crippen molar-refractivity contribution in [1.82, 2.24) is 52.1 Å². The summed E-state index contributed by atoms with van der Waals surface area (Å²) in [5, 5.41) is 26.2. The average Bonchev–Trinajstić information content (AvgIpc) is 3.76. The lowest BCUT2D eigenvalue weighted by Crippen LogP contribution is -2.58. The van der Waals surface area contributed by atoms with Gasteiger partial charge >= 0.3 is 12.1 Å². The van der Waals surface area contributed by atoms with Crippen molar-refractivity contribution in [3.8, 4) is 0 Å². The van der Waals surface area contributed by atoms with Crippen molar-refractivity contribution in [1.29, 1.82) is 0 Å². The number of likely N-dealkylation sites (N-methyl/N-ethyl adjacent to an activating group) is 1. The van der Waals surface area contributed by atoms with Gasteiger partial charge in [0.1, 0.15) is 23.8 Å². The smallest absolute Gasteiger partial charge is 0.475 e. The molecule has 1 saturated carbocycles. The molecule has 1 aromatic carbocycles. The number of ketones is 1. The van der Waals surface area contributed by atoms with Gasteiger partial charge in [0.05, 0.1) is 30.7 Å². The molecule has 0 bridgehead atoms. The number of benzene rings is 1. The molecule has 2 aliphatic rings. The van der Waals surface area contributed by atoms with Crippen molar-refractivity contribution in [3.05, 3.63) is 60.2 Å². The third-order valence-corrected chi connectivity index (χ3v) is 10.6. The lowest BCUT2D eigenvalue weighted by atomic mass is 9.83. The number of amides is 7. The quantitative estimate of drug-likeness (QED) is 0.0882. The number of carbonyl (C=O) groups is 9. The molecule has 4 rings (SSSR count).